The fourth-order valence-electron chi connectivity index (χ4n) is 5.67. The molecule has 0 unspecified atom stereocenters. The molecule has 0 saturated heterocycles. The molecule has 3 heteroatoms. The van der Waals surface area contributed by atoms with Crippen molar-refractivity contribution < 1.29 is 0 Å². The Hall–Kier alpha value is -3.60. The fraction of sp³-hybridized carbons (Fsp3) is 0.0789. The van der Waals surface area contributed by atoms with E-state index in [2.05, 4.69) is 183 Å². The van der Waals surface area contributed by atoms with Gasteiger partial charge in [0.05, 0.1) is 11.7 Å². The van der Waals surface area contributed by atoms with Crippen molar-refractivity contribution in [3.63, 3.8) is 0 Å². The van der Waals surface area contributed by atoms with E-state index < -0.39 is 15.8 Å². The van der Waals surface area contributed by atoms with E-state index in [4.69, 9.17) is 0 Å². The molecule has 1 aliphatic carbocycles. The van der Waals surface area contributed by atoms with Gasteiger partial charge >= 0.3 is 0 Å². The van der Waals surface area contributed by atoms with E-state index in [1.807, 2.05) is 0 Å². The molecule has 0 fully saturated rings. The minimum Gasteiger partial charge on any atom is -0.299 e. The van der Waals surface area contributed by atoms with Crippen LogP contribution in [0.5, 0.6) is 0 Å². The van der Waals surface area contributed by atoms with Gasteiger partial charge in [-0.05, 0) is 67.6 Å². The van der Waals surface area contributed by atoms with Gasteiger partial charge < -0.3 is 0 Å². The molecule has 5 aromatic carbocycles. The molecule has 1 aliphatic rings. The van der Waals surface area contributed by atoms with E-state index in [-0.39, 0.29) is 6.04 Å². The highest BCUT2D eigenvalue weighted by Gasteiger charge is 2.35. The fourth-order valence-corrected chi connectivity index (χ4v) is 10.6. The average molecular weight is 567 g/mol. The van der Waals surface area contributed by atoms with Crippen molar-refractivity contribution in [1.29, 1.82) is 0 Å². The molecule has 0 aromatic heterocycles. The highest BCUT2D eigenvalue weighted by atomic mass is 31.1. The minimum atomic E-state index is -0.734. The van der Waals surface area contributed by atoms with Gasteiger partial charge in [-0.3, -0.25) is 4.90 Å². The van der Waals surface area contributed by atoms with Gasteiger partial charge in [-0.1, -0.05) is 164 Å². The second-order valence-corrected chi connectivity index (χ2v) is 14.7. The van der Waals surface area contributed by atoms with E-state index in [1.54, 1.807) is 0 Å². The standard InChI is InChI=1S/C38H34NP2/c1-39(2)38(35-27-17-29-37(35)41(32-22-11-5-12-23-32)33-24-13-6-14-25-33)34-26-15-16-28-36(34)40(30-18-7-3-8-19-30)31-20-9-4-10-21-31/h3-29,38H,1-2H3/t38-/m1/s1. The van der Waals surface area contributed by atoms with Crippen LogP contribution in [-0.2, 0) is 0 Å². The predicted molar refractivity (Wildman–Crippen MR) is 181 cm³/mol. The van der Waals surface area contributed by atoms with Gasteiger partial charge in [-0.25, -0.2) is 0 Å². The number of likely N-dealkylation sites (N-methyl/N-ethyl adjacent to an activating group) is 1. The van der Waals surface area contributed by atoms with Crippen molar-refractivity contribution in [2.45, 2.75) is 6.04 Å². The first kappa shape index (κ1) is 27.6. The van der Waals surface area contributed by atoms with Crippen LogP contribution in [0.1, 0.15) is 11.6 Å². The average Bonchev–Trinajstić information content (AvgIpc) is 3.49. The van der Waals surface area contributed by atoms with Crippen molar-refractivity contribution in [2.75, 3.05) is 14.1 Å². The summed E-state index contributed by atoms with van der Waals surface area (Å²) >= 11 is 0. The highest BCUT2D eigenvalue weighted by Crippen LogP contribution is 2.55. The van der Waals surface area contributed by atoms with Gasteiger partial charge in [-0.2, -0.15) is 0 Å². The molecule has 6 rings (SSSR count). The van der Waals surface area contributed by atoms with Gasteiger partial charge in [0.2, 0.25) is 0 Å². The lowest BCUT2D eigenvalue weighted by atomic mass is 9.96. The maximum Gasteiger partial charge on any atom is 0.0578 e. The number of hydrogen-bond donors (Lipinski definition) is 0. The van der Waals surface area contributed by atoms with Crippen molar-refractivity contribution in [3.8, 4) is 0 Å². The Labute approximate surface area is 247 Å². The molecule has 0 aliphatic heterocycles. The normalized spacial score (nSPS) is 14.1. The number of hydrogen-bond acceptors (Lipinski definition) is 1. The summed E-state index contributed by atoms with van der Waals surface area (Å²) in [5.41, 5.74) is 4.19. The minimum absolute atomic E-state index is 0.117. The number of allylic oxidation sites excluding steroid dienone is 3. The quantitative estimate of drug-likeness (QED) is 0.171. The summed E-state index contributed by atoms with van der Waals surface area (Å²) in [4.78, 5) is 2.39. The molecule has 5 aromatic rings. The summed E-state index contributed by atoms with van der Waals surface area (Å²) in [6.45, 7) is 0. The van der Waals surface area contributed by atoms with Gasteiger partial charge in [0.25, 0.3) is 0 Å². The summed E-state index contributed by atoms with van der Waals surface area (Å²) in [6, 6.07) is 53.4. The molecular formula is C38H34NP2. The molecule has 0 heterocycles. The van der Waals surface area contributed by atoms with Gasteiger partial charge in [-0.15, -0.1) is 0 Å². The molecule has 201 valence electrons. The maximum atomic E-state index is 2.39. The molecule has 0 bridgehead atoms. The van der Waals surface area contributed by atoms with Crippen LogP contribution in [0, 0.1) is 5.66 Å². The first-order valence-corrected chi connectivity index (χ1v) is 16.7. The smallest absolute Gasteiger partial charge is 0.0578 e. The summed E-state index contributed by atoms with van der Waals surface area (Å²) in [6.07, 6.45) is 6.96. The molecule has 0 amide bonds. The summed E-state index contributed by atoms with van der Waals surface area (Å²) in [5, 5.41) is 6.91. The number of nitrogens with zero attached hydrogens (tertiary/aromatic N) is 1. The zero-order valence-electron chi connectivity index (χ0n) is 23.5. The Balaban J connectivity index is 1.48. The zero-order valence-corrected chi connectivity index (χ0v) is 25.3. The maximum absolute atomic E-state index is 2.39. The largest absolute Gasteiger partial charge is 0.299 e. The molecule has 0 saturated carbocycles. The summed E-state index contributed by atoms with van der Waals surface area (Å²) in [7, 11) is 3.00. The Bertz CT molecular complexity index is 1530. The van der Waals surface area contributed by atoms with E-state index in [1.165, 1.54) is 43.3 Å². The Morgan fingerprint density at radius 3 is 1.37 bits per heavy atom. The third kappa shape index (κ3) is 5.91. The van der Waals surface area contributed by atoms with Crippen LogP contribution in [0.25, 0.3) is 0 Å². The lowest BCUT2D eigenvalue weighted by molar-refractivity contribution is 0.340. The van der Waals surface area contributed by atoms with Crippen molar-refractivity contribution in [2.24, 2.45) is 0 Å². The van der Waals surface area contributed by atoms with E-state index in [0.717, 1.165) is 0 Å². The summed E-state index contributed by atoms with van der Waals surface area (Å²) in [5.74, 6) is 0. The van der Waals surface area contributed by atoms with Gasteiger partial charge in [0, 0.05) is 0 Å². The number of rotatable bonds is 9. The Morgan fingerprint density at radius 1 is 0.488 bits per heavy atom. The van der Waals surface area contributed by atoms with Crippen LogP contribution < -0.4 is 26.5 Å². The van der Waals surface area contributed by atoms with Crippen LogP contribution in [-0.4, -0.2) is 19.0 Å². The van der Waals surface area contributed by atoms with Crippen LogP contribution in [0.2, 0.25) is 0 Å². The molecule has 41 heavy (non-hydrogen) atoms. The third-order valence-electron chi connectivity index (χ3n) is 7.41. The topological polar surface area (TPSA) is 3.24 Å². The first-order chi connectivity index (χ1) is 20.2. The molecular weight excluding hydrogens is 532 g/mol. The van der Waals surface area contributed by atoms with E-state index >= 15 is 0 Å². The van der Waals surface area contributed by atoms with Crippen molar-refractivity contribution in [1.82, 2.24) is 4.90 Å². The lowest BCUT2D eigenvalue weighted by Crippen LogP contribution is -2.31. The Kier molecular flexibility index (Phi) is 8.69. The van der Waals surface area contributed by atoms with Crippen molar-refractivity contribution in [3.05, 3.63) is 181 Å². The van der Waals surface area contributed by atoms with E-state index in [0.29, 0.717) is 0 Å². The van der Waals surface area contributed by atoms with Gasteiger partial charge in [0.15, 0.2) is 0 Å². The molecule has 1 radical (unpaired) electrons. The zero-order chi connectivity index (χ0) is 28.0. The van der Waals surface area contributed by atoms with Crippen LogP contribution in [0.4, 0.5) is 0 Å². The predicted octanol–water partition coefficient (Wildman–Crippen LogP) is 7.21. The molecule has 1 nitrogen and oxygen atoms in total. The lowest BCUT2D eigenvalue weighted by Gasteiger charge is -2.35. The second-order valence-electron chi connectivity index (χ2n) is 10.3. The summed E-state index contributed by atoms with van der Waals surface area (Å²) < 4.78 is 0. The Morgan fingerprint density at radius 2 is 0.902 bits per heavy atom. The SMILES string of the molecule is CN(C)[C@@H](C1=CC=C[C]1P(c1ccccc1)c1ccccc1)c1ccccc1P(c1ccccc1)c1ccccc1. The first-order valence-electron chi connectivity index (χ1n) is 14.0. The van der Waals surface area contributed by atoms with Crippen LogP contribution >= 0.6 is 15.8 Å². The highest BCUT2D eigenvalue weighted by molar-refractivity contribution is 7.80. The third-order valence-corrected chi connectivity index (χ3v) is 12.4. The monoisotopic (exact) mass is 566 g/mol. The molecule has 1 atom stereocenters. The van der Waals surface area contributed by atoms with Crippen LogP contribution in [0.3, 0.4) is 0 Å². The van der Waals surface area contributed by atoms with Crippen LogP contribution in [0.15, 0.2) is 169 Å². The molecule has 0 N–H and O–H groups in total. The van der Waals surface area contributed by atoms with Crippen molar-refractivity contribution >= 4 is 42.4 Å². The number of benzene rings is 5. The van der Waals surface area contributed by atoms with Gasteiger partial charge in [0.1, 0.15) is 0 Å². The second kappa shape index (κ2) is 12.9. The molecule has 0 spiro atoms. The van der Waals surface area contributed by atoms with E-state index in [9.17, 15) is 0 Å².